The molecule has 0 unspecified atom stereocenters. The predicted molar refractivity (Wildman–Crippen MR) is 117 cm³/mol. The smallest absolute Gasteiger partial charge is 0.271 e. The van der Waals surface area contributed by atoms with Crippen LogP contribution in [-0.4, -0.2) is 18.0 Å². The van der Waals surface area contributed by atoms with E-state index in [-0.39, 0.29) is 11.5 Å². The van der Waals surface area contributed by atoms with Gasteiger partial charge in [0, 0.05) is 16.8 Å². The van der Waals surface area contributed by atoms with Crippen LogP contribution in [0.25, 0.3) is 0 Å². The Morgan fingerprint density at radius 1 is 1.17 bits per heavy atom. The van der Waals surface area contributed by atoms with Crippen LogP contribution in [0.4, 0.5) is 0 Å². The van der Waals surface area contributed by atoms with Crippen molar-refractivity contribution in [1.29, 1.82) is 0 Å². The predicted octanol–water partition coefficient (Wildman–Crippen LogP) is 4.47. The molecule has 0 radical (unpaired) electrons. The monoisotopic (exact) mass is 395 g/mol. The molecule has 0 fully saturated rings. The molecule has 6 nitrogen and oxygen atoms in total. The van der Waals surface area contributed by atoms with Crippen molar-refractivity contribution in [3.8, 4) is 0 Å². The molecule has 1 heterocycles. The molecule has 0 aliphatic rings. The molecule has 29 heavy (non-hydrogen) atoms. The lowest BCUT2D eigenvalue weighted by atomic mass is 10.1. The molecule has 1 aromatic rings. The van der Waals surface area contributed by atoms with Crippen LogP contribution in [0.3, 0.4) is 0 Å². The van der Waals surface area contributed by atoms with Gasteiger partial charge in [-0.15, -0.1) is 0 Å². The summed E-state index contributed by atoms with van der Waals surface area (Å²) in [5.74, 6) is 0.583. The first-order chi connectivity index (χ1) is 13.9. The van der Waals surface area contributed by atoms with Crippen molar-refractivity contribution in [2.75, 3.05) is 0 Å². The SMILES string of the molecule is C=C/C(=C\C(=C/CC)NC(=O)/C(C)=C(/C=C)CC)C(=O)N/N=C/c1ccc(C)o1. The van der Waals surface area contributed by atoms with Crippen LogP contribution in [0.15, 0.2) is 81.5 Å². The lowest BCUT2D eigenvalue weighted by molar-refractivity contribution is -0.118. The second-order valence-electron chi connectivity index (χ2n) is 6.18. The Labute approximate surface area is 172 Å². The number of nitrogens with one attached hydrogen (secondary N) is 2. The molecule has 2 amide bonds. The number of carbonyl (C=O) groups excluding carboxylic acids is 2. The highest BCUT2D eigenvalue weighted by Gasteiger charge is 2.11. The fourth-order valence-corrected chi connectivity index (χ4v) is 2.43. The van der Waals surface area contributed by atoms with E-state index in [0.717, 1.165) is 11.3 Å². The lowest BCUT2D eigenvalue weighted by Crippen LogP contribution is -2.25. The van der Waals surface area contributed by atoms with Gasteiger partial charge in [-0.2, -0.15) is 5.10 Å². The molecule has 0 bridgehead atoms. The minimum atomic E-state index is -0.455. The molecule has 1 aromatic heterocycles. The van der Waals surface area contributed by atoms with Gasteiger partial charge in [0.2, 0.25) is 0 Å². The van der Waals surface area contributed by atoms with Crippen molar-refractivity contribution in [1.82, 2.24) is 10.7 Å². The zero-order chi connectivity index (χ0) is 21.8. The second kappa shape index (κ2) is 12.1. The third-order valence-electron chi connectivity index (χ3n) is 4.04. The average molecular weight is 396 g/mol. The molecule has 0 aliphatic heterocycles. The van der Waals surface area contributed by atoms with E-state index in [2.05, 4.69) is 29.0 Å². The Balaban J connectivity index is 2.94. The van der Waals surface area contributed by atoms with Crippen LogP contribution in [0.2, 0.25) is 0 Å². The topological polar surface area (TPSA) is 83.7 Å². The van der Waals surface area contributed by atoms with Crippen LogP contribution in [0.5, 0.6) is 0 Å². The van der Waals surface area contributed by atoms with Crippen molar-refractivity contribution >= 4 is 18.0 Å². The molecule has 2 N–H and O–H groups in total. The zero-order valence-electron chi connectivity index (χ0n) is 17.5. The van der Waals surface area contributed by atoms with E-state index in [1.54, 1.807) is 31.2 Å². The molecular weight excluding hydrogens is 366 g/mol. The summed E-state index contributed by atoms with van der Waals surface area (Å²) in [5, 5.41) is 6.71. The molecular formula is C23H29N3O3. The Bertz CT molecular complexity index is 883. The Kier molecular flexibility index (Phi) is 9.88. The van der Waals surface area contributed by atoms with Gasteiger partial charge in [-0.05, 0) is 50.5 Å². The molecule has 6 heteroatoms. The van der Waals surface area contributed by atoms with E-state index < -0.39 is 5.91 Å². The van der Waals surface area contributed by atoms with E-state index in [1.807, 2.05) is 26.8 Å². The van der Waals surface area contributed by atoms with Gasteiger partial charge in [-0.1, -0.05) is 45.2 Å². The minimum absolute atomic E-state index is 0.243. The van der Waals surface area contributed by atoms with Crippen molar-refractivity contribution < 1.29 is 14.0 Å². The molecule has 154 valence electrons. The zero-order valence-corrected chi connectivity index (χ0v) is 17.5. The Hall–Kier alpha value is -3.41. The van der Waals surface area contributed by atoms with Crippen LogP contribution >= 0.6 is 0 Å². The highest BCUT2D eigenvalue weighted by atomic mass is 16.3. The van der Waals surface area contributed by atoms with Crippen molar-refractivity contribution in [2.24, 2.45) is 5.10 Å². The van der Waals surface area contributed by atoms with Crippen LogP contribution < -0.4 is 10.7 Å². The van der Waals surface area contributed by atoms with Crippen molar-refractivity contribution in [3.05, 3.63) is 83.5 Å². The molecule has 0 saturated carbocycles. The average Bonchev–Trinajstić information content (AvgIpc) is 3.11. The number of carbonyl (C=O) groups is 2. The number of furan rings is 1. The first kappa shape index (κ1) is 23.6. The van der Waals surface area contributed by atoms with E-state index in [9.17, 15) is 9.59 Å². The molecule has 1 rings (SSSR count). The molecule has 0 aliphatic carbocycles. The summed E-state index contributed by atoms with van der Waals surface area (Å²) in [6.45, 7) is 14.9. The van der Waals surface area contributed by atoms with E-state index in [1.165, 1.54) is 12.3 Å². The maximum Gasteiger partial charge on any atom is 0.271 e. The normalized spacial score (nSPS) is 13.1. The number of allylic oxidation sites excluding steroid dienone is 4. The summed E-state index contributed by atoms with van der Waals surface area (Å²) >= 11 is 0. The van der Waals surface area contributed by atoms with Gasteiger partial charge >= 0.3 is 0 Å². The third kappa shape index (κ3) is 7.62. The summed E-state index contributed by atoms with van der Waals surface area (Å²) in [4.78, 5) is 24.9. The van der Waals surface area contributed by atoms with Gasteiger partial charge in [0.25, 0.3) is 11.8 Å². The summed E-state index contributed by atoms with van der Waals surface area (Å²) in [5.41, 5.74) is 4.64. The summed E-state index contributed by atoms with van der Waals surface area (Å²) < 4.78 is 5.35. The minimum Gasteiger partial charge on any atom is -0.460 e. The fourth-order valence-electron chi connectivity index (χ4n) is 2.43. The highest BCUT2D eigenvalue weighted by molar-refractivity contribution is 5.98. The van der Waals surface area contributed by atoms with Crippen LogP contribution in [0.1, 0.15) is 45.1 Å². The largest absolute Gasteiger partial charge is 0.460 e. The number of hydrogen-bond donors (Lipinski definition) is 2. The standard InChI is InChI=1S/C23H29N3O3/c1-7-11-20(25-22(27)17(6)18(8-2)9-3)14-19(10-4)23(28)26-24-15-21-13-12-16(5)29-21/h8,10-15H,2,4,7,9H2,1,3,5-6H3,(H,25,27)(H,26,28)/b18-17-,19-14+,20-11+,24-15+. The van der Waals surface area contributed by atoms with Gasteiger partial charge in [0.05, 0.1) is 6.21 Å². The van der Waals surface area contributed by atoms with Crippen molar-refractivity contribution in [2.45, 2.75) is 40.5 Å². The van der Waals surface area contributed by atoms with Gasteiger partial charge < -0.3 is 9.73 Å². The first-order valence-corrected chi connectivity index (χ1v) is 9.43. The van der Waals surface area contributed by atoms with Crippen LogP contribution in [0, 0.1) is 6.92 Å². The summed E-state index contributed by atoms with van der Waals surface area (Å²) in [7, 11) is 0. The van der Waals surface area contributed by atoms with Gasteiger partial charge in [0.15, 0.2) is 0 Å². The van der Waals surface area contributed by atoms with Crippen molar-refractivity contribution in [3.63, 3.8) is 0 Å². The van der Waals surface area contributed by atoms with Gasteiger partial charge in [-0.25, -0.2) is 5.43 Å². The van der Waals surface area contributed by atoms with E-state index in [4.69, 9.17) is 4.42 Å². The summed E-state index contributed by atoms with van der Waals surface area (Å²) in [6, 6.07) is 3.55. The Morgan fingerprint density at radius 3 is 2.41 bits per heavy atom. The summed E-state index contributed by atoms with van der Waals surface area (Å²) in [6.07, 6.45) is 9.25. The molecule has 0 saturated heterocycles. The third-order valence-corrected chi connectivity index (χ3v) is 4.04. The number of aryl methyl sites for hydroxylation is 1. The van der Waals surface area contributed by atoms with Gasteiger partial charge in [0.1, 0.15) is 11.5 Å². The lowest BCUT2D eigenvalue weighted by Gasteiger charge is -2.10. The van der Waals surface area contributed by atoms with E-state index >= 15 is 0 Å². The molecule has 0 atom stereocenters. The molecule has 0 spiro atoms. The number of hydrogen-bond acceptors (Lipinski definition) is 4. The number of rotatable bonds is 10. The maximum absolute atomic E-state index is 12.5. The Morgan fingerprint density at radius 2 is 1.90 bits per heavy atom. The maximum atomic E-state index is 12.5. The van der Waals surface area contributed by atoms with E-state index in [0.29, 0.717) is 29.9 Å². The fraction of sp³-hybridized carbons (Fsp3) is 0.261. The van der Waals surface area contributed by atoms with Gasteiger partial charge in [-0.3, -0.25) is 9.59 Å². The highest BCUT2D eigenvalue weighted by Crippen LogP contribution is 2.11. The molecule has 0 aromatic carbocycles. The van der Waals surface area contributed by atoms with Crippen LogP contribution in [-0.2, 0) is 9.59 Å². The quantitative estimate of drug-likeness (QED) is 0.265. The number of amides is 2. The first-order valence-electron chi connectivity index (χ1n) is 9.43. The second-order valence-corrected chi connectivity index (χ2v) is 6.18. The number of nitrogens with zero attached hydrogens (tertiary/aromatic N) is 1. The number of hydrazone groups is 1.